The summed E-state index contributed by atoms with van der Waals surface area (Å²) in [5, 5.41) is 0. The van der Waals surface area contributed by atoms with E-state index in [-0.39, 0.29) is 28.2 Å². The largest absolute Gasteiger partial charge is 0.459 e. The van der Waals surface area contributed by atoms with Crippen molar-refractivity contribution in [2.24, 2.45) is 23.2 Å². The molecule has 3 heteroatoms. The van der Waals surface area contributed by atoms with Crippen LogP contribution in [0.25, 0.3) is 0 Å². The van der Waals surface area contributed by atoms with Gasteiger partial charge in [-0.1, -0.05) is 33.6 Å². The maximum Gasteiger partial charge on any atom is 0.312 e. The van der Waals surface area contributed by atoms with Crippen LogP contribution in [0.15, 0.2) is 0 Å². The van der Waals surface area contributed by atoms with E-state index in [9.17, 15) is 4.79 Å². The van der Waals surface area contributed by atoms with E-state index in [0.717, 1.165) is 25.7 Å². The zero-order valence-corrected chi connectivity index (χ0v) is 18.2. The van der Waals surface area contributed by atoms with Gasteiger partial charge in [-0.05, 0) is 83.0 Å². The van der Waals surface area contributed by atoms with Gasteiger partial charge in [0, 0.05) is 6.42 Å². The molecule has 4 bridgehead atoms. The van der Waals surface area contributed by atoms with Crippen LogP contribution in [0.2, 0.25) is 0 Å². The van der Waals surface area contributed by atoms with Crippen molar-refractivity contribution in [3.8, 4) is 0 Å². The molecule has 5 saturated carbocycles. The van der Waals surface area contributed by atoms with E-state index >= 15 is 0 Å². The molecule has 154 valence electrons. The van der Waals surface area contributed by atoms with E-state index in [1.54, 1.807) is 0 Å². The third-order valence-electron chi connectivity index (χ3n) is 8.62. The first-order valence-electron chi connectivity index (χ1n) is 11.6. The van der Waals surface area contributed by atoms with Gasteiger partial charge in [0.15, 0.2) is 0 Å². The van der Waals surface area contributed by atoms with Crippen molar-refractivity contribution >= 4 is 5.97 Å². The van der Waals surface area contributed by atoms with Gasteiger partial charge in [-0.2, -0.15) is 0 Å². The molecule has 5 aliphatic carbocycles. The molecule has 5 aliphatic rings. The molecule has 0 N–H and O–H groups in total. The summed E-state index contributed by atoms with van der Waals surface area (Å²) in [5.74, 6) is 1.91. The van der Waals surface area contributed by atoms with Crippen LogP contribution < -0.4 is 0 Å². The Morgan fingerprint density at radius 2 is 1.59 bits per heavy atom. The Labute approximate surface area is 165 Å². The quantitative estimate of drug-likeness (QED) is 0.530. The highest BCUT2D eigenvalue weighted by molar-refractivity contribution is 5.76. The molecule has 5 fully saturated rings. The first-order valence-corrected chi connectivity index (χ1v) is 11.6. The zero-order chi connectivity index (χ0) is 19.5. The minimum Gasteiger partial charge on any atom is -0.459 e. The van der Waals surface area contributed by atoms with E-state index in [1.807, 2.05) is 13.8 Å². The molecular weight excluding hydrogens is 336 g/mol. The fourth-order valence-electron chi connectivity index (χ4n) is 7.02. The topological polar surface area (TPSA) is 35.5 Å². The van der Waals surface area contributed by atoms with Crippen LogP contribution >= 0.6 is 0 Å². The lowest BCUT2D eigenvalue weighted by atomic mass is 9.52. The molecule has 2 atom stereocenters. The Bertz CT molecular complexity index is 570. The van der Waals surface area contributed by atoms with Crippen LogP contribution in [-0.2, 0) is 14.3 Å². The molecule has 2 unspecified atom stereocenters. The average Bonchev–Trinajstić information content (AvgIpc) is 3.02. The molecule has 0 radical (unpaired) electrons. The van der Waals surface area contributed by atoms with Crippen LogP contribution in [0.1, 0.15) is 105 Å². The Balaban J connectivity index is 1.58. The van der Waals surface area contributed by atoms with E-state index in [2.05, 4.69) is 20.8 Å². The van der Waals surface area contributed by atoms with Gasteiger partial charge >= 0.3 is 5.97 Å². The fourth-order valence-corrected chi connectivity index (χ4v) is 7.02. The third-order valence-corrected chi connectivity index (χ3v) is 8.62. The Hall–Kier alpha value is -0.570. The molecule has 3 nitrogen and oxygen atoms in total. The van der Waals surface area contributed by atoms with Gasteiger partial charge in [-0.15, -0.1) is 0 Å². The van der Waals surface area contributed by atoms with Crippen molar-refractivity contribution in [3.63, 3.8) is 0 Å². The van der Waals surface area contributed by atoms with E-state index < -0.39 is 0 Å². The summed E-state index contributed by atoms with van der Waals surface area (Å²) in [6.07, 6.45) is 12.6. The second kappa shape index (κ2) is 6.47. The summed E-state index contributed by atoms with van der Waals surface area (Å²) in [4.78, 5) is 12.9. The summed E-state index contributed by atoms with van der Waals surface area (Å²) in [7, 11) is 0. The van der Waals surface area contributed by atoms with Crippen LogP contribution in [0.3, 0.4) is 0 Å². The normalized spacial score (nSPS) is 39.9. The highest BCUT2D eigenvalue weighted by Crippen LogP contribution is 2.62. The minimum absolute atomic E-state index is 0.00143. The molecular formula is C24H40O3. The summed E-state index contributed by atoms with van der Waals surface area (Å²) in [6, 6.07) is 0. The summed E-state index contributed by atoms with van der Waals surface area (Å²) >= 11 is 0. The number of rotatable bonds is 6. The fraction of sp³-hybridized carbons (Fsp3) is 0.958. The smallest absolute Gasteiger partial charge is 0.312 e. The number of carbonyl (C=O) groups is 1. The lowest BCUT2D eigenvalue weighted by Crippen LogP contribution is -2.64. The monoisotopic (exact) mass is 376 g/mol. The van der Waals surface area contributed by atoms with Crippen molar-refractivity contribution in [3.05, 3.63) is 0 Å². The van der Waals surface area contributed by atoms with Gasteiger partial charge in [0.25, 0.3) is 0 Å². The van der Waals surface area contributed by atoms with Crippen molar-refractivity contribution in [1.82, 2.24) is 0 Å². The second-order valence-corrected chi connectivity index (χ2v) is 11.5. The second-order valence-electron chi connectivity index (χ2n) is 11.5. The number of ether oxygens (including phenoxy) is 2. The zero-order valence-electron chi connectivity index (χ0n) is 18.2. The minimum atomic E-state index is -0.387. The molecule has 0 spiro atoms. The molecule has 0 aromatic rings. The van der Waals surface area contributed by atoms with Crippen molar-refractivity contribution in [2.45, 2.75) is 122 Å². The van der Waals surface area contributed by atoms with Gasteiger partial charge in [0.2, 0.25) is 0 Å². The predicted octanol–water partition coefficient (Wildman–Crippen LogP) is 6.04. The van der Waals surface area contributed by atoms with Gasteiger partial charge in [0.1, 0.15) is 5.60 Å². The molecule has 0 aromatic carbocycles. The van der Waals surface area contributed by atoms with Gasteiger partial charge < -0.3 is 9.47 Å². The van der Waals surface area contributed by atoms with E-state index in [0.29, 0.717) is 17.8 Å². The number of carbonyl (C=O) groups excluding carboxylic acids is 1. The van der Waals surface area contributed by atoms with Crippen LogP contribution in [0, 0.1) is 23.2 Å². The van der Waals surface area contributed by atoms with Crippen LogP contribution in [-0.4, -0.2) is 22.8 Å². The molecule has 0 heterocycles. The SMILES string of the molecule is CCC(C)(C)C(=O)OC12CC3CC(C1)CC(OC1(C(C)C)CCCC1)(C3)C2. The first-order chi connectivity index (χ1) is 12.6. The van der Waals surface area contributed by atoms with Crippen molar-refractivity contribution in [1.29, 1.82) is 0 Å². The Morgan fingerprint density at radius 3 is 2.11 bits per heavy atom. The van der Waals surface area contributed by atoms with E-state index in [4.69, 9.17) is 9.47 Å². The van der Waals surface area contributed by atoms with Crippen molar-refractivity contribution in [2.75, 3.05) is 0 Å². The maximum absolute atomic E-state index is 12.9. The number of esters is 1. The highest BCUT2D eigenvalue weighted by atomic mass is 16.6. The van der Waals surface area contributed by atoms with Gasteiger partial charge in [-0.25, -0.2) is 0 Å². The third kappa shape index (κ3) is 3.36. The van der Waals surface area contributed by atoms with Crippen LogP contribution in [0.5, 0.6) is 0 Å². The molecule has 0 aliphatic heterocycles. The molecule has 27 heavy (non-hydrogen) atoms. The number of hydrogen-bond donors (Lipinski definition) is 0. The van der Waals surface area contributed by atoms with Gasteiger partial charge in [-0.3, -0.25) is 4.79 Å². The first kappa shape index (κ1) is 19.7. The lowest BCUT2D eigenvalue weighted by Gasteiger charge is -2.62. The average molecular weight is 377 g/mol. The standard InChI is InChI=1S/C24H40O3/c1-6-21(4,5)20(25)26-22-12-18-11-19(13-22)15-23(14-18,16-22)27-24(17(2)3)9-7-8-10-24/h17-19H,6-16H2,1-5H3. The van der Waals surface area contributed by atoms with Gasteiger partial charge in [0.05, 0.1) is 16.6 Å². The molecule has 0 saturated heterocycles. The molecule has 0 amide bonds. The maximum atomic E-state index is 12.9. The van der Waals surface area contributed by atoms with Crippen LogP contribution in [0.4, 0.5) is 0 Å². The highest BCUT2D eigenvalue weighted by Gasteiger charge is 2.62. The number of hydrogen-bond acceptors (Lipinski definition) is 3. The Morgan fingerprint density at radius 1 is 1.04 bits per heavy atom. The summed E-state index contributed by atoms with van der Waals surface area (Å²) in [5.41, 5.74) is -0.638. The predicted molar refractivity (Wildman–Crippen MR) is 107 cm³/mol. The summed E-state index contributed by atoms with van der Waals surface area (Å²) < 4.78 is 13.6. The summed E-state index contributed by atoms with van der Waals surface area (Å²) in [6.45, 7) is 10.8. The lowest BCUT2D eigenvalue weighted by molar-refractivity contribution is -0.274. The van der Waals surface area contributed by atoms with Crippen molar-refractivity contribution < 1.29 is 14.3 Å². The molecule has 5 rings (SSSR count). The molecule has 0 aromatic heterocycles. The van der Waals surface area contributed by atoms with E-state index in [1.165, 1.54) is 44.9 Å². The Kier molecular flexibility index (Phi) is 4.73.